The van der Waals surface area contributed by atoms with Crippen molar-refractivity contribution in [3.05, 3.63) is 22.7 Å². The summed E-state index contributed by atoms with van der Waals surface area (Å²) in [6.45, 7) is 5.91. The van der Waals surface area contributed by atoms with Crippen molar-refractivity contribution in [2.45, 2.75) is 51.3 Å². The van der Waals surface area contributed by atoms with Gasteiger partial charge in [-0.15, -0.1) is 0 Å². The van der Waals surface area contributed by atoms with E-state index in [-0.39, 0.29) is 29.1 Å². The van der Waals surface area contributed by atoms with Crippen LogP contribution in [0.4, 0.5) is 0 Å². The molecule has 5 heteroatoms. The summed E-state index contributed by atoms with van der Waals surface area (Å²) in [6.07, 6.45) is 4.92. The molecule has 1 aromatic heterocycles. The average molecular weight is 237 g/mol. The molecule has 0 spiro atoms. The van der Waals surface area contributed by atoms with Gasteiger partial charge in [0.1, 0.15) is 6.10 Å². The van der Waals surface area contributed by atoms with Crippen molar-refractivity contribution in [2.24, 2.45) is 5.73 Å². The summed E-state index contributed by atoms with van der Waals surface area (Å²) in [5.41, 5.74) is 5.23. The van der Waals surface area contributed by atoms with Crippen LogP contribution in [0.1, 0.15) is 33.6 Å². The van der Waals surface area contributed by atoms with E-state index in [1.165, 1.54) is 0 Å². The van der Waals surface area contributed by atoms with Crippen LogP contribution in [-0.4, -0.2) is 21.7 Å². The van der Waals surface area contributed by atoms with Gasteiger partial charge < -0.3 is 15.0 Å². The predicted octanol–water partition coefficient (Wildman–Crippen LogP) is 0.867. The Bertz CT molecular complexity index is 456. The van der Waals surface area contributed by atoms with Crippen molar-refractivity contribution in [3.63, 3.8) is 0 Å². The molecule has 2 rings (SSSR count). The van der Waals surface area contributed by atoms with Gasteiger partial charge in [-0.3, -0.25) is 4.79 Å². The number of ether oxygens (including phenoxy) is 1. The highest BCUT2D eigenvalue weighted by Crippen LogP contribution is 2.22. The van der Waals surface area contributed by atoms with E-state index in [4.69, 9.17) is 10.5 Å². The van der Waals surface area contributed by atoms with Crippen LogP contribution in [-0.2, 0) is 5.54 Å². The number of aromatic nitrogens is 2. The van der Waals surface area contributed by atoms with Crippen LogP contribution in [0.2, 0.25) is 0 Å². The third-order valence-electron chi connectivity index (χ3n) is 2.94. The Morgan fingerprint density at radius 1 is 1.47 bits per heavy atom. The highest BCUT2D eigenvalue weighted by atomic mass is 16.5. The lowest BCUT2D eigenvalue weighted by atomic mass is 9.90. The molecule has 0 bridgehead atoms. The molecule has 0 aliphatic heterocycles. The van der Waals surface area contributed by atoms with E-state index >= 15 is 0 Å². The summed E-state index contributed by atoms with van der Waals surface area (Å²) < 4.78 is 7.20. The normalized spacial score (nSPS) is 24.2. The quantitative estimate of drug-likeness (QED) is 0.828. The van der Waals surface area contributed by atoms with Crippen molar-refractivity contribution in [1.82, 2.24) is 9.55 Å². The van der Waals surface area contributed by atoms with Gasteiger partial charge in [0.15, 0.2) is 0 Å². The SMILES string of the molecule is CC(C)(C)n1ccnc(OC2CC(N)C2)c1=O. The van der Waals surface area contributed by atoms with Crippen LogP contribution in [0.5, 0.6) is 5.88 Å². The molecule has 0 aromatic carbocycles. The van der Waals surface area contributed by atoms with Crippen LogP contribution in [0, 0.1) is 0 Å². The zero-order valence-corrected chi connectivity index (χ0v) is 10.5. The van der Waals surface area contributed by atoms with E-state index in [0.717, 1.165) is 12.8 Å². The molecule has 17 heavy (non-hydrogen) atoms. The van der Waals surface area contributed by atoms with E-state index < -0.39 is 0 Å². The fraction of sp³-hybridized carbons (Fsp3) is 0.667. The summed E-state index contributed by atoms with van der Waals surface area (Å²) in [6, 6.07) is 0.202. The van der Waals surface area contributed by atoms with Gasteiger partial charge >= 0.3 is 5.56 Å². The molecule has 0 saturated heterocycles. The van der Waals surface area contributed by atoms with E-state index in [1.54, 1.807) is 17.0 Å². The monoisotopic (exact) mass is 237 g/mol. The first-order valence-corrected chi connectivity index (χ1v) is 5.88. The second kappa shape index (κ2) is 4.14. The number of rotatable bonds is 2. The number of hydrogen-bond acceptors (Lipinski definition) is 4. The molecule has 0 unspecified atom stereocenters. The van der Waals surface area contributed by atoms with Crippen molar-refractivity contribution in [1.29, 1.82) is 0 Å². The lowest BCUT2D eigenvalue weighted by Crippen LogP contribution is -2.45. The topological polar surface area (TPSA) is 70.1 Å². The van der Waals surface area contributed by atoms with Gasteiger partial charge in [-0.2, -0.15) is 0 Å². The summed E-state index contributed by atoms with van der Waals surface area (Å²) in [5, 5.41) is 0. The summed E-state index contributed by atoms with van der Waals surface area (Å²) >= 11 is 0. The minimum atomic E-state index is -0.270. The molecule has 5 nitrogen and oxygen atoms in total. The third kappa shape index (κ3) is 2.49. The minimum Gasteiger partial charge on any atom is -0.470 e. The van der Waals surface area contributed by atoms with Crippen LogP contribution < -0.4 is 16.0 Å². The molecule has 2 N–H and O–H groups in total. The molecule has 94 valence electrons. The smallest absolute Gasteiger partial charge is 0.313 e. The van der Waals surface area contributed by atoms with Crippen LogP contribution >= 0.6 is 0 Å². The zero-order chi connectivity index (χ0) is 12.6. The van der Waals surface area contributed by atoms with Crippen molar-refractivity contribution in [3.8, 4) is 5.88 Å². The number of nitrogens with two attached hydrogens (primary N) is 1. The molecule has 1 fully saturated rings. The maximum Gasteiger partial charge on any atom is 0.313 e. The van der Waals surface area contributed by atoms with Crippen molar-refractivity contribution in [2.75, 3.05) is 0 Å². The van der Waals surface area contributed by atoms with Crippen LogP contribution in [0.25, 0.3) is 0 Å². The largest absolute Gasteiger partial charge is 0.470 e. The fourth-order valence-corrected chi connectivity index (χ4v) is 1.86. The van der Waals surface area contributed by atoms with Gasteiger partial charge in [-0.1, -0.05) is 0 Å². The first-order valence-electron chi connectivity index (χ1n) is 5.88. The Morgan fingerprint density at radius 2 is 2.12 bits per heavy atom. The summed E-state index contributed by atoms with van der Waals surface area (Å²) in [4.78, 5) is 16.1. The molecule has 1 saturated carbocycles. The lowest BCUT2D eigenvalue weighted by Gasteiger charge is -2.32. The van der Waals surface area contributed by atoms with E-state index in [9.17, 15) is 4.79 Å². The first kappa shape index (κ1) is 12.1. The van der Waals surface area contributed by atoms with E-state index in [1.807, 2.05) is 20.8 Å². The average Bonchev–Trinajstić information content (AvgIpc) is 2.16. The molecule has 1 aromatic rings. The van der Waals surface area contributed by atoms with E-state index in [2.05, 4.69) is 4.98 Å². The summed E-state index contributed by atoms with van der Waals surface area (Å²) in [7, 11) is 0. The maximum atomic E-state index is 12.1. The second-order valence-corrected chi connectivity index (χ2v) is 5.55. The molecular formula is C12H19N3O2. The van der Waals surface area contributed by atoms with Crippen molar-refractivity contribution < 1.29 is 4.74 Å². The molecule has 0 amide bonds. The Morgan fingerprint density at radius 3 is 2.65 bits per heavy atom. The van der Waals surface area contributed by atoms with Gasteiger partial charge in [0, 0.05) is 24.0 Å². The van der Waals surface area contributed by atoms with Gasteiger partial charge in [-0.25, -0.2) is 4.98 Å². The van der Waals surface area contributed by atoms with Gasteiger partial charge in [0.2, 0.25) is 0 Å². The Labute approximate surface area is 101 Å². The van der Waals surface area contributed by atoms with Gasteiger partial charge in [-0.05, 0) is 33.6 Å². The molecule has 0 atom stereocenters. The Balaban J connectivity index is 2.21. The Hall–Kier alpha value is -1.36. The molecule has 1 aliphatic carbocycles. The standard InChI is InChI=1S/C12H19N3O2/c1-12(2,3)15-5-4-14-10(11(15)16)17-9-6-8(13)7-9/h4-5,8-9H,6-7,13H2,1-3H3. The van der Waals surface area contributed by atoms with Crippen molar-refractivity contribution >= 4 is 0 Å². The van der Waals surface area contributed by atoms with Crippen LogP contribution in [0.15, 0.2) is 17.2 Å². The highest BCUT2D eigenvalue weighted by Gasteiger charge is 2.29. The zero-order valence-electron chi connectivity index (χ0n) is 10.5. The fourth-order valence-electron chi connectivity index (χ4n) is 1.86. The number of nitrogens with zero attached hydrogens (tertiary/aromatic N) is 2. The van der Waals surface area contributed by atoms with Gasteiger partial charge in [0.25, 0.3) is 5.88 Å². The maximum absolute atomic E-state index is 12.1. The van der Waals surface area contributed by atoms with Crippen LogP contribution in [0.3, 0.4) is 0 Å². The molecule has 1 heterocycles. The molecule has 1 aliphatic rings. The molecule has 0 radical (unpaired) electrons. The Kier molecular flexibility index (Phi) is 2.95. The van der Waals surface area contributed by atoms with Gasteiger partial charge in [0.05, 0.1) is 0 Å². The summed E-state index contributed by atoms with van der Waals surface area (Å²) in [5.74, 6) is 0.180. The predicted molar refractivity (Wildman–Crippen MR) is 65.1 cm³/mol. The third-order valence-corrected chi connectivity index (χ3v) is 2.94. The molecular weight excluding hydrogens is 218 g/mol. The minimum absolute atomic E-state index is 0.0426. The second-order valence-electron chi connectivity index (χ2n) is 5.55. The van der Waals surface area contributed by atoms with E-state index in [0.29, 0.717) is 0 Å². The number of hydrogen-bond donors (Lipinski definition) is 1. The first-order chi connectivity index (χ1) is 7.88. The lowest BCUT2D eigenvalue weighted by molar-refractivity contribution is 0.0924. The highest BCUT2D eigenvalue weighted by molar-refractivity contribution is 5.08.